The fraction of sp³-hybridized carbons (Fsp3) is 0.0769. The Balaban J connectivity index is 2.04. The van der Waals surface area contributed by atoms with Gasteiger partial charge in [-0.05, 0) is 34.9 Å². The molecule has 1 aromatic carbocycles. The van der Waals surface area contributed by atoms with Crippen molar-refractivity contribution in [2.75, 3.05) is 5.32 Å². The molecule has 4 heteroatoms. The third-order valence-electron chi connectivity index (χ3n) is 2.81. The first-order valence-corrected chi connectivity index (χ1v) is 5.41. The Kier molecular flexibility index (Phi) is 2.26. The Bertz CT molecular complexity index is 566. The van der Waals surface area contributed by atoms with Gasteiger partial charge in [-0.25, -0.2) is 4.79 Å². The zero-order valence-electron chi connectivity index (χ0n) is 9.10. The number of benzene rings is 1. The van der Waals surface area contributed by atoms with Crippen molar-refractivity contribution < 1.29 is 4.79 Å². The molecule has 2 amide bonds. The lowest BCUT2D eigenvalue weighted by atomic mass is 10.0. The van der Waals surface area contributed by atoms with E-state index in [1.165, 1.54) is 0 Å². The summed E-state index contributed by atoms with van der Waals surface area (Å²) in [5.74, 6) is 0. The first kappa shape index (κ1) is 9.84. The number of amides is 2. The number of carbonyl (C=O) groups excluding carboxylic acids is 1. The third-order valence-corrected chi connectivity index (χ3v) is 2.81. The normalized spacial score (nSPS) is 13.5. The number of aromatic nitrogens is 1. The maximum absolute atomic E-state index is 11.2. The van der Waals surface area contributed by atoms with Crippen LogP contribution in [-0.2, 0) is 6.54 Å². The Hall–Kier alpha value is -2.36. The van der Waals surface area contributed by atoms with Gasteiger partial charge in [-0.15, -0.1) is 0 Å². The van der Waals surface area contributed by atoms with Crippen LogP contribution in [0.2, 0.25) is 0 Å². The van der Waals surface area contributed by atoms with Gasteiger partial charge >= 0.3 is 6.03 Å². The molecule has 2 heterocycles. The summed E-state index contributed by atoms with van der Waals surface area (Å²) in [6, 6.07) is 9.81. The number of urea groups is 1. The van der Waals surface area contributed by atoms with E-state index in [-0.39, 0.29) is 6.03 Å². The second-order valence-corrected chi connectivity index (χ2v) is 3.92. The summed E-state index contributed by atoms with van der Waals surface area (Å²) in [5.41, 5.74) is 4.15. The summed E-state index contributed by atoms with van der Waals surface area (Å²) in [5, 5.41) is 5.54. The lowest BCUT2D eigenvalue weighted by molar-refractivity contribution is 0.251. The van der Waals surface area contributed by atoms with E-state index in [4.69, 9.17) is 0 Å². The van der Waals surface area contributed by atoms with E-state index in [0.717, 1.165) is 22.4 Å². The van der Waals surface area contributed by atoms with Crippen molar-refractivity contribution in [2.24, 2.45) is 0 Å². The number of carbonyl (C=O) groups is 1. The quantitative estimate of drug-likeness (QED) is 0.782. The van der Waals surface area contributed by atoms with Gasteiger partial charge in [0.05, 0.1) is 0 Å². The predicted octanol–water partition coefficient (Wildman–Crippen LogP) is 2.38. The van der Waals surface area contributed by atoms with E-state index in [0.29, 0.717) is 6.54 Å². The van der Waals surface area contributed by atoms with Crippen LogP contribution in [0.15, 0.2) is 42.7 Å². The molecule has 0 fully saturated rings. The molecule has 0 aliphatic carbocycles. The minimum Gasteiger partial charge on any atom is -0.334 e. The van der Waals surface area contributed by atoms with Crippen LogP contribution < -0.4 is 10.6 Å². The molecule has 0 saturated carbocycles. The van der Waals surface area contributed by atoms with Crippen molar-refractivity contribution in [1.29, 1.82) is 0 Å². The van der Waals surface area contributed by atoms with Crippen molar-refractivity contribution in [3.63, 3.8) is 0 Å². The SMILES string of the molecule is O=C1NCc2ccc(-c3ccncc3)cc2N1. The molecule has 2 aromatic rings. The number of rotatable bonds is 1. The number of nitrogens with one attached hydrogen (secondary N) is 2. The molecule has 1 aliphatic rings. The second kappa shape index (κ2) is 3.90. The van der Waals surface area contributed by atoms with Gasteiger partial charge in [-0.1, -0.05) is 12.1 Å². The number of nitrogens with zero attached hydrogens (tertiary/aromatic N) is 1. The number of anilines is 1. The largest absolute Gasteiger partial charge is 0.334 e. The highest BCUT2D eigenvalue weighted by Crippen LogP contribution is 2.26. The Morgan fingerprint density at radius 1 is 1.06 bits per heavy atom. The van der Waals surface area contributed by atoms with Crippen molar-refractivity contribution in [3.05, 3.63) is 48.3 Å². The highest BCUT2D eigenvalue weighted by Gasteiger charge is 2.13. The molecule has 0 spiro atoms. The van der Waals surface area contributed by atoms with E-state index in [1.54, 1.807) is 12.4 Å². The molecule has 0 unspecified atom stereocenters. The minimum absolute atomic E-state index is 0.149. The number of fused-ring (bicyclic) bond motifs is 1. The summed E-state index contributed by atoms with van der Waals surface area (Å²) in [4.78, 5) is 15.2. The summed E-state index contributed by atoms with van der Waals surface area (Å²) in [6.45, 7) is 0.581. The number of pyridine rings is 1. The monoisotopic (exact) mass is 225 g/mol. The maximum Gasteiger partial charge on any atom is 0.319 e. The molecule has 0 atom stereocenters. The van der Waals surface area contributed by atoms with Crippen LogP contribution in [0.25, 0.3) is 11.1 Å². The minimum atomic E-state index is -0.149. The van der Waals surface area contributed by atoms with Crippen LogP contribution >= 0.6 is 0 Å². The van der Waals surface area contributed by atoms with Crippen molar-refractivity contribution in [2.45, 2.75) is 6.54 Å². The van der Waals surface area contributed by atoms with Crippen molar-refractivity contribution in [3.8, 4) is 11.1 Å². The topological polar surface area (TPSA) is 54.0 Å². The third kappa shape index (κ3) is 1.85. The number of hydrogen-bond acceptors (Lipinski definition) is 2. The van der Waals surface area contributed by atoms with Gasteiger partial charge < -0.3 is 10.6 Å². The second-order valence-electron chi connectivity index (χ2n) is 3.92. The fourth-order valence-corrected chi connectivity index (χ4v) is 1.91. The summed E-state index contributed by atoms with van der Waals surface area (Å²) >= 11 is 0. The van der Waals surface area contributed by atoms with Crippen molar-refractivity contribution in [1.82, 2.24) is 10.3 Å². The van der Waals surface area contributed by atoms with Gasteiger partial charge in [0, 0.05) is 24.6 Å². The van der Waals surface area contributed by atoms with Gasteiger partial charge in [0.15, 0.2) is 0 Å². The summed E-state index contributed by atoms with van der Waals surface area (Å²) in [6.07, 6.45) is 3.52. The molecule has 0 radical (unpaired) electrons. The molecule has 0 saturated heterocycles. The van der Waals surface area contributed by atoms with Gasteiger partial charge in [-0.3, -0.25) is 4.98 Å². The summed E-state index contributed by atoms with van der Waals surface area (Å²) in [7, 11) is 0. The van der Waals surface area contributed by atoms with E-state index in [9.17, 15) is 4.79 Å². The van der Waals surface area contributed by atoms with Crippen molar-refractivity contribution >= 4 is 11.7 Å². The van der Waals surface area contributed by atoms with E-state index in [2.05, 4.69) is 15.6 Å². The van der Waals surface area contributed by atoms with E-state index < -0.39 is 0 Å². The molecule has 2 N–H and O–H groups in total. The highest BCUT2D eigenvalue weighted by molar-refractivity contribution is 5.93. The maximum atomic E-state index is 11.2. The lowest BCUT2D eigenvalue weighted by Gasteiger charge is -2.19. The lowest BCUT2D eigenvalue weighted by Crippen LogP contribution is -2.33. The van der Waals surface area contributed by atoms with Crippen LogP contribution in [-0.4, -0.2) is 11.0 Å². The van der Waals surface area contributed by atoms with Gasteiger partial charge in [0.25, 0.3) is 0 Å². The summed E-state index contributed by atoms with van der Waals surface area (Å²) < 4.78 is 0. The van der Waals surface area contributed by atoms with Gasteiger partial charge in [-0.2, -0.15) is 0 Å². The van der Waals surface area contributed by atoms with Crippen LogP contribution in [0.3, 0.4) is 0 Å². The molecular formula is C13H11N3O. The molecule has 1 aromatic heterocycles. The first-order valence-electron chi connectivity index (χ1n) is 5.41. The van der Waals surface area contributed by atoms with Crippen LogP contribution in [0.1, 0.15) is 5.56 Å². The molecule has 1 aliphatic heterocycles. The molecule has 0 bridgehead atoms. The average molecular weight is 225 g/mol. The van der Waals surface area contributed by atoms with Crippen LogP contribution in [0.4, 0.5) is 10.5 Å². The van der Waals surface area contributed by atoms with E-state index in [1.807, 2.05) is 30.3 Å². The molecule has 84 valence electrons. The van der Waals surface area contributed by atoms with Crippen LogP contribution in [0.5, 0.6) is 0 Å². The molecule has 3 rings (SSSR count). The predicted molar refractivity (Wildman–Crippen MR) is 65.5 cm³/mol. The zero-order chi connectivity index (χ0) is 11.7. The molecular weight excluding hydrogens is 214 g/mol. The van der Waals surface area contributed by atoms with Gasteiger partial charge in [0.1, 0.15) is 0 Å². The number of hydrogen-bond donors (Lipinski definition) is 2. The fourth-order valence-electron chi connectivity index (χ4n) is 1.91. The zero-order valence-corrected chi connectivity index (χ0v) is 9.10. The molecule has 4 nitrogen and oxygen atoms in total. The van der Waals surface area contributed by atoms with E-state index >= 15 is 0 Å². The Labute approximate surface area is 98.7 Å². The Morgan fingerprint density at radius 3 is 2.71 bits per heavy atom. The first-order chi connectivity index (χ1) is 8.33. The van der Waals surface area contributed by atoms with Crippen LogP contribution in [0, 0.1) is 0 Å². The average Bonchev–Trinajstić information content (AvgIpc) is 2.39. The molecule has 17 heavy (non-hydrogen) atoms. The van der Waals surface area contributed by atoms with Gasteiger partial charge in [0.2, 0.25) is 0 Å². The highest BCUT2D eigenvalue weighted by atomic mass is 16.2. The Morgan fingerprint density at radius 2 is 1.88 bits per heavy atom. The standard InChI is InChI=1S/C13H11N3O/c17-13-15-8-11-2-1-10(7-12(11)16-13)9-3-5-14-6-4-9/h1-7H,8H2,(H2,15,16,17). The smallest absolute Gasteiger partial charge is 0.319 e.